The highest BCUT2D eigenvalue weighted by molar-refractivity contribution is 5.83. The Kier molecular flexibility index (Phi) is 7.52. The molecule has 3 N–H and O–H groups in total. The van der Waals surface area contributed by atoms with Crippen molar-refractivity contribution in [2.45, 2.75) is 92.4 Å². The summed E-state index contributed by atoms with van der Waals surface area (Å²) in [7, 11) is 0. The van der Waals surface area contributed by atoms with Gasteiger partial charge in [0.1, 0.15) is 0 Å². The van der Waals surface area contributed by atoms with Crippen LogP contribution in [0.5, 0.6) is 0 Å². The molecule has 0 heterocycles. The van der Waals surface area contributed by atoms with Crippen molar-refractivity contribution in [2.75, 3.05) is 0 Å². The molecule has 2 saturated carbocycles. The van der Waals surface area contributed by atoms with E-state index in [2.05, 4.69) is 50.9 Å². The van der Waals surface area contributed by atoms with Crippen LogP contribution < -0.4 is 11.2 Å². The number of nitrogens with one attached hydrogen (secondary N) is 1. The SMILES string of the molecule is C=C1CC[C@H]2C(C)(C)CCC[C@]2(C)[C@H]1CC/C(C)=C\CC/C(C)=N/NC(N)=O. The normalized spacial score (nSPS) is 30.7. The minimum Gasteiger partial charge on any atom is -0.350 e. The Morgan fingerprint density at radius 3 is 2.68 bits per heavy atom. The van der Waals surface area contributed by atoms with Gasteiger partial charge >= 0.3 is 6.03 Å². The van der Waals surface area contributed by atoms with Crippen molar-refractivity contribution in [2.24, 2.45) is 33.5 Å². The van der Waals surface area contributed by atoms with Gasteiger partial charge in [0.05, 0.1) is 0 Å². The molecule has 0 unspecified atom stereocenters. The second-order valence-corrected chi connectivity index (χ2v) is 10.1. The first-order valence-corrected chi connectivity index (χ1v) is 11.0. The van der Waals surface area contributed by atoms with Gasteiger partial charge in [-0.2, -0.15) is 5.10 Å². The zero-order chi connectivity index (χ0) is 20.9. The molecule has 2 amide bonds. The predicted molar refractivity (Wildman–Crippen MR) is 119 cm³/mol. The monoisotopic (exact) mass is 387 g/mol. The van der Waals surface area contributed by atoms with Crippen molar-refractivity contribution in [1.29, 1.82) is 0 Å². The molecule has 0 aliphatic heterocycles. The lowest BCUT2D eigenvalue weighted by Crippen LogP contribution is -2.49. The van der Waals surface area contributed by atoms with Gasteiger partial charge in [-0.3, -0.25) is 0 Å². The number of allylic oxidation sites excluding steroid dienone is 3. The third-order valence-corrected chi connectivity index (χ3v) is 7.50. The van der Waals surface area contributed by atoms with Gasteiger partial charge < -0.3 is 5.73 Å². The van der Waals surface area contributed by atoms with Crippen LogP contribution >= 0.6 is 0 Å². The first-order chi connectivity index (χ1) is 13.1. The van der Waals surface area contributed by atoms with Crippen molar-refractivity contribution in [3.05, 3.63) is 23.8 Å². The lowest BCUT2D eigenvalue weighted by atomic mass is 9.47. The third-order valence-electron chi connectivity index (χ3n) is 7.50. The van der Waals surface area contributed by atoms with Crippen LogP contribution in [0, 0.1) is 22.7 Å². The van der Waals surface area contributed by atoms with E-state index < -0.39 is 6.03 Å². The Balaban J connectivity index is 1.93. The molecule has 4 nitrogen and oxygen atoms in total. The molecule has 2 fully saturated rings. The van der Waals surface area contributed by atoms with Crippen molar-refractivity contribution in [3.8, 4) is 0 Å². The Hall–Kier alpha value is -1.58. The number of hydrogen-bond donors (Lipinski definition) is 2. The fraction of sp³-hybridized carbons (Fsp3) is 0.750. The minimum absolute atomic E-state index is 0.418. The molecule has 3 atom stereocenters. The van der Waals surface area contributed by atoms with Gasteiger partial charge in [0.2, 0.25) is 0 Å². The Morgan fingerprint density at radius 1 is 1.29 bits per heavy atom. The fourth-order valence-electron chi connectivity index (χ4n) is 6.02. The average molecular weight is 388 g/mol. The van der Waals surface area contributed by atoms with Crippen molar-refractivity contribution >= 4 is 11.7 Å². The van der Waals surface area contributed by atoms with Gasteiger partial charge in [0, 0.05) is 5.71 Å². The van der Waals surface area contributed by atoms with E-state index in [0.29, 0.717) is 16.7 Å². The van der Waals surface area contributed by atoms with Crippen molar-refractivity contribution in [3.63, 3.8) is 0 Å². The topological polar surface area (TPSA) is 67.5 Å². The molecule has 0 spiro atoms. The van der Waals surface area contributed by atoms with Crippen LogP contribution in [-0.4, -0.2) is 11.7 Å². The van der Waals surface area contributed by atoms with Crippen molar-refractivity contribution in [1.82, 2.24) is 5.43 Å². The molecule has 0 radical (unpaired) electrons. The number of nitrogens with zero attached hydrogens (tertiary/aromatic N) is 1. The quantitative estimate of drug-likeness (QED) is 0.299. The van der Waals surface area contributed by atoms with Crippen LogP contribution in [0.1, 0.15) is 92.4 Å². The molecule has 4 heteroatoms. The van der Waals surface area contributed by atoms with Crippen LogP contribution in [0.25, 0.3) is 0 Å². The molecule has 28 heavy (non-hydrogen) atoms. The van der Waals surface area contributed by atoms with Crippen LogP contribution in [0.4, 0.5) is 4.79 Å². The molecule has 2 aliphatic rings. The van der Waals surface area contributed by atoms with Crippen LogP contribution in [-0.2, 0) is 0 Å². The molecule has 0 aromatic carbocycles. The maximum Gasteiger partial charge on any atom is 0.332 e. The number of carbonyl (C=O) groups excluding carboxylic acids is 1. The molecule has 0 bridgehead atoms. The Bertz CT molecular complexity index is 646. The van der Waals surface area contributed by atoms with Crippen LogP contribution in [0.15, 0.2) is 28.9 Å². The summed E-state index contributed by atoms with van der Waals surface area (Å²) in [6.07, 6.45) is 13.1. The van der Waals surface area contributed by atoms with Gasteiger partial charge in [-0.15, -0.1) is 0 Å². The Morgan fingerprint density at radius 2 is 2.00 bits per heavy atom. The van der Waals surface area contributed by atoms with Gasteiger partial charge in [0.15, 0.2) is 0 Å². The smallest absolute Gasteiger partial charge is 0.332 e. The summed E-state index contributed by atoms with van der Waals surface area (Å²) in [6, 6.07) is -0.614. The largest absolute Gasteiger partial charge is 0.350 e. The number of urea groups is 1. The zero-order valence-electron chi connectivity index (χ0n) is 18.7. The van der Waals surface area contributed by atoms with E-state index in [1.54, 1.807) is 0 Å². The van der Waals surface area contributed by atoms with Crippen molar-refractivity contribution < 1.29 is 4.79 Å². The number of hydrazone groups is 1. The predicted octanol–water partition coefficient (Wildman–Crippen LogP) is 6.34. The van der Waals surface area contributed by atoms with E-state index >= 15 is 0 Å². The first kappa shape index (κ1) is 22.7. The van der Waals surface area contributed by atoms with E-state index in [9.17, 15) is 4.79 Å². The lowest BCUT2D eigenvalue weighted by Gasteiger charge is -2.58. The third kappa shape index (κ3) is 5.48. The van der Waals surface area contributed by atoms with Gasteiger partial charge in [-0.05, 0) is 87.9 Å². The molecular formula is C24H41N3O. The van der Waals surface area contributed by atoms with Crippen LogP contribution in [0.2, 0.25) is 0 Å². The zero-order valence-corrected chi connectivity index (χ0v) is 18.7. The highest BCUT2D eigenvalue weighted by atomic mass is 16.2. The summed E-state index contributed by atoms with van der Waals surface area (Å²) in [5, 5.41) is 3.97. The summed E-state index contributed by atoms with van der Waals surface area (Å²) in [5.74, 6) is 1.47. The summed E-state index contributed by atoms with van der Waals surface area (Å²) >= 11 is 0. The number of nitrogens with two attached hydrogens (primary N) is 1. The van der Waals surface area contributed by atoms with E-state index in [-0.39, 0.29) is 0 Å². The molecule has 158 valence electrons. The number of rotatable bonds is 7. The highest BCUT2D eigenvalue weighted by Gasteiger charge is 2.52. The summed E-state index contributed by atoms with van der Waals surface area (Å²) in [6.45, 7) is 16.2. The fourth-order valence-corrected chi connectivity index (χ4v) is 6.02. The van der Waals surface area contributed by atoms with E-state index in [1.165, 1.54) is 49.7 Å². The molecule has 0 saturated heterocycles. The summed E-state index contributed by atoms with van der Waals surface area (Å²) in [5.41, 5.74) is 12.0. The number of hydrogen-bond acceptors (Lipinski definition) is 2. The average Bonchev–Trinajstić information content (AvgIpc) is 2.58. The maximum atomic E-state index is 10.7. The second kappa shape index (κ2) is 9.28. The maximum absolute atomic E-state index is 10.7. The van der Waals surface area contributed by atoms with Gasteiger partial charge in [-0.1, -0.05) is 51.0 Å². The van der Waals surface area contributed by atoms with Gasteiger partial charge in [0.25, 0.3) is 0 Å². The summed E-state index contributed by atoms with van der Waals surface area (Å²) in [4.78, 5) is 10.7. The van der Waals surface area contributed by atoms with E-state index in [1.807, 2.05) is 6.92 Å². The number of amides is 2. The number of primary amides is 1. The molecule has 2 aliphatic carbocycles. The number of carbonyl (C=O) groups is 1. The molecule has 2 rings (SSSR count). The molecule has 0 aromatic rings. The molecule has 0 aromatic heterocycles. The standard InChI is InChI=1S/C24H41N3O/c1-17(9-7-10-19(3)26-27-22(25)28)11-13-20-18(2)12-14-21-23(4,5)15-8-16-24(20,21)6/h9,20-21H,2,7-8,10-16H2,1,3-6H3,(H3,25,27,28)/b17-9-,26-19+/t20-,21-,24+/m0/s1. The van der Waals surface area contributed by atoms with E-state index in [4.69, 9.17) is 5.73 Å². The second-order valence-electron chi connectivity index (χ2n) is 10.1. The van der Waals surface area contributed by atoms with Crippen LogP contribution in [0.3, 0.4) is 0 Å². The lowest BCUT2D eigenvalue weighted by molar-refractivity contribution is -0.0539. The first-order valence-electron chi connectivity index (χ1n) is 11.0. The minimum atomic E-state index is -0.614. The number of fused-ring (bicyclic) bond motifs is 1. The Labute approximate surface area is 172 Å². The summed E-state index contributed by atoms with van der Waals surface area (Å²) < 4.78 is 0. The highest BCUT2D eigenvalue weighted by Crippen LogP contribution is 2.61. The van der Waals surface area contributed by atoms with E-state index in [0.717, 1.165) is 30.9 Å². The molecular weight excluding hydrogens is 346 g/mol. The van der Waals surface area contributed by atoms with Gasteiger partial charge in [-0.25, -0.2) is 10.2 Å².